The van der Waals surface area contributed by atoms with Crippen LogP contribution in [-0.4, -0.2) is 48.1 Å². The monoisotopic (exact) mass is 464 g/mol. The van der Waals surface area contributed by atoms with Crippen molar-refractivity contribution in [3.8, 4) is 22.7 Å². The van der Waals surface area contributed by atoms with Gasteiger partial charge in [-0.2, -0.15) is 9.78 Å². The molecule has 178 valence electrons. The van der Waals surface area contributed by atoms with Gasteiger partial charge in [-0.1, -0.05) is 25.5 Å². The maximum atomic E-state index is 13.5. The van der Waals surface area contributed by atoms with Gasteiger partial charge in [-0.3, -0.25) is 14.9 Å². The molecule has 1 aliphatic rings. The molecule has 1 saturated heterocycles. The van der Waals surface area contributed by atoms with Gasteiger partial charge in [-0.25, -0.2) is 0 Å². The van der Waals surface area contributed by atoms with Crippen molar-refractivity contribution in [3.63, 3.8) is 0 Å². The van der Waals surface area contributed by atoms with Crippen LogP contribution in [0.25, 0.3) is 16.9 Å². The molecule has 1 aliphatic heterocycles. The molecule has 0 spiro atoms. The van der Waals surface area contributed by atoms with E-state index in [1.54, 1.807) is 25.3 Å². The van der Waals surface area contributed by atoms with Gasteiger partial charge in [0.1, 0.15) is 11.4 Å². The molecule has 0 saturated carbocycles. The molecule has 0 aliphatic carbocycles. The minimum atomic E-state index is -0.476. The number of methoxy groups -OCH3 is 1. The number of nitrogens with zero attached hydrogens (tertiary/aromatic N) is 4. The highest BCUT2D eigenvalue weighted by atomic mass is 16.6. The van der Waals surface area contributed by atoms with Crippen molar-refractivity contribution in [2.24, 2.45) is 0 Å². The SMILES string of the molecule is CCCCc1cc(-c2cccc(OC)c2)nn(-c2cc(N3CCOCC3)ccc2[N+](=O)[O-])c1=O. The van der Waals surface area contributed by atoms with Crippen molar-refractivity contribution in [1.29, 1.82) is 0 Å². The van der Waals surface area contributed by atoms with E-state index >= 15 is 0 Å². The molecule has 0 atom stereocenters. The van der Waals surface area contributed by atoms with Gasteiger partial charge in [0, 0.05) is 36.0 Å². The van der Waals surface area contributed by atoms with E-state index in [2.05, 4.69) is 16.9 Å². The van der Waals surface area contributed by atoms with Crippen LogP contribution in [0.1, 0.15) is 25.3 Å². The molecule has 2 heterocycles. The lowest BCUT2D eigenvalue weighted by molar-refractivity contribution is -0.384. The molecular weight excluding hydrogens is 436 g/mol. The Morgan fingerprint density at radius 3 is 2.65 bits per heavy atom. The molecule has 3 aromatic rings. The van der Waals surface area contributed by atoms with E-state index in [-0.39, 0.29) is 16.9 Å². The van der Waals surface area contributed by atoms with Gasteiger partial charge >= 0.3 is 0 Å². The van der Waals surface area contributed by atoms with Gasteiger partial charge < -0.3 is 14.4 Å². The molecule has 0 unspecified atom stereocenters. The van der Waals surface area contributed by atoms with Crippen LogP contribution in [0.4, 0.5) is 11.4 Å². The van der Waals surface area contributed by atoms with Crippen LogP contribution in [0.3, 0.4) is 0 Å². The number of nitro groups is 1. The van der Waals surface area contributed by atoms with E-state index in [0.29, 0.717) is 49.7 Å². The summed E-state index contributed by atoms with van der Waals surface area (Å²) in [7, 11) is 1.58. The van der Waals surface area contributed by atoms with Gasteiger partial charge in [-0.15, -0.1) is 0 Å². The zero-order chi connectivity index (χ0) is 24.1. The van der Waals surface area contributed by atoms with Crippen LogP contribution < -0.4 is 15.2 Å². The first-order valence-corrected chi connectivity index (χ1v) is 11.4. The lowest BCUT2D eigenvalue weighted by Gasteiger charge is -2.29. The lowest BCUT2D eigenvalue weighted by atomic mass is 10.1. The first kappa shape index (κ1) is 23.4. The summed E-state index contributed by atoms with van der Waals surface area (Å²) in [5.74, 6) is 0.660. The third-order valence-electron chi connectivity index (χ3n) is 5.91. The van der Waals surface area contributed by atoms with E-state index < -0.39 is 4.92 Å². The minimum absolute atomic E-state index is 0.154. The maximum absolute atomic E-state index is 13.5. The molecule has 34 heavy (non-hydrogen) atoms. The highest BCUT2D eigenvalue weighted by Gasteiger charge is 2.23. The number of unbranched alkanes of at least 4 members (excludes halogenated alkanes) is 1. The molecule has 0 N–H and O–H groups in total. The Labute approximate surface area is 197 Å². The molecule has 9 heteroatoms. The Bertz CT molecular complexity index is 1230. The average molecular weight is 465 g/mol. The smallest absolute Gasteiger partial charge is 0.295 e. The molecule has 9 nitrogen and oxygen atoms in total. The molecule has 0 radical (unpaired) electrons. The van der Waals surface area contributed by atoms with Gasteiger partial charge in [0.2, 0.25) is 0 Å². The zero-order valence-corrected chi connectivity index (χ0v) is 19.4. The average Bonchev–Trinajstić information content (AvgIpc) is 2.88. The number of nitro benzene ring substituents is 1. The van der Waals surface area contributed by atoms with Gasteiger partial charge in [-0.05, 0) is 43.2 Å². The van der Waals surface area contributed by atoms with E-state index in [0.717, 1.165) is 24.1 Å². The van der Waals surface area contributed by atoms with E-state index in [1.165, 1.54) is 10.7 Å². The summed E-state index contributed by atoms with van der Waals surface area (Å²) in [4.78, 5) is 27.0. The molecule has 0 amide bonds. The molecule has 4 rings (SSSR count). The normalized spacial score (nSPS) is 13.6. The Morgan fingerprint density at radius 1 is 1.15 bits per heavy atom. The van der Waals surface area contributed by atoms with Crippen LogP contribution in [-0.2, 0) is 11.2 Å². The Hall–Kier alpha value is -3.72. The molecular formula is C25H28N4O5. The fraction of sp³-hybridized carbons (Fsp3) is 0.360. The second-order valence-electron chi connectivity index (χ2n) is 8.14. The van der Waals surface area contributed by atoms with Crippen molar-refractivity contribution in [2.75, 3.05) is 38.3 Å². The minimum Gasteiger partial charge on any atom is -0.497 e. The van der Waals surface area contributed by atoms with E-state index in [9.17, 15) is 14.9 Å². The molecule has 1 aromatic heterocycles. The number of anilines is 1. The largest absolute Gasteiger partial charge is 0.497 e. The number of hydrogen-bond acceptors (Lipinski definition) is 7. The summed E-state index contributed by atoms with van der Waals surface area (Å²) in [6.45, 7) is 4.56. The second kappa shape index (κ2) is 10.5. The highest BCUT2D eigenvalue weighted by Crippen LogP contribution is 2.29. The topological polar surface area (TPSA) is 99.7 Å². The van der Waals surface area contributed by atoms with Crippen molar-refractivity contribution in [1.82, 2.24) is 9.78 Å². The fourth-order valence-electron chi connectivity index (χ4n) is 4.03. The van der Waals surface area contributed by atoms with Gasteiger partial charge in [0.15, 0.2) is 0 Å². The second-order valence-corrected chi connectivity index (χ2v) is 8.14. The summed E-state index contributed by atoms with van der Waals surface area (Å²) >= 11 is 0. The summed E-state index contributed by atoms with van der Waals surface area (Å²) < 4.78 is 12.0. The third-order valence-corrected chi connectivity index (χ3v) is 5.91. The highest BCUT2D eigenvalue weighted by molar-refractivity contribution is 5.65. The van der Waals surface area contributed by atoms with Crippen LogP contribution in [0.2, 0.25) is 0 Å². The van der Waals surface area contributed by atoms with Crippen LogP contribution in [0.15, 0.2) is 53.3 Å². The lowest BCUT2D eigenvalue weighted by Crippen LogP contribution is -2.36. The van der Waals surface area contributed by atoms with Crippen molar-refractivity contribution < 1.29 is 14.4 Å². The van der Waals surface area contributed by atoms with Crippen LogP contribution >= 0.6 is 0 Å². The zero-order valence-electron chi connectivity index (χ0n) is 19.4. The quantitative estimate of drug-likeness (QED) is 0.367. The van der Waals surface area contributed by atoms with Crippen molar-refractivity contribution in [2.45, 2.75) is 26.2 Å². The van der Waals surface area contributed by atoms with Gasteiger partial charge in [0.05, 0.1) is 30.9 Å². The molecule has 1 fully saturated rings. The molecule has 0 bridgehead atoms. The summed E-state index contributed by atoms with van der Waals surface area (Å²) in [6.07, 6.45) is 2.31. The predicted octanol–water partition coefficient (Wildman–Crippen LogP) is 4.00. The molecule has 2 aromatic carbocycles. The standard InChI is InChI=1S/C25H28N4O5/c1-3-4-6-19-16-22(18-7-5-8-21(15-18)33-2)26-28(25(19)30)24-17-20(9-10-23(24)29(31)32)27-11-13-34-14-12-27/h5,7-10,15-17H,3-4,6,11-14H2,1-2H3. The Kier molecular flexibility index (Phi) is 7.22. The summed E-state index contributed by atoms with van der Waals surface area (Å²) in [5, 5.41) is 16.5. The van der Waals surface area contributed by atoms with Crippen LogP contribution in [0, 0.1) is 10.1 Å². The Balaban J connectivity index is 1.91. The third kappa shape index (κ3) is 4.94. The Morgan fingerprint density at radius 2 is 1.94 bits per heavy atom. The number of aryl methyl sites for hydroxylation is 1. The van der Waals surface area contributed by atoms with Gasteiger partial charge in [0.25, 0.3) is 11.2 Å². The number of benzene rings is 2. The van der Waals surface area contributed by atoms with Crippen molar-refractivity contribution in [3.05, 3.63) is 74.6 Å². The first-order chi connectivity index (χ1) is 16.5. The predicted molar refractivity (Wildman–Crippen MR) is 130 cm³/mol. The van der Waals surface area contributed by atoms with E-state index in [4.69, 9.17) is 9.47 Å². The number of ether oxygens (including phenoxy) is 2. The summed E-state index contributed by atoms with van der Waals surface area (Å²) in [6, 6.07) is 14.0. The first-order valence-electron chi connectivity index (χ1n) is 11.4. The number of aromatic nitrogens is 2. The maximum Gasteiger partial charge on any atom is 0.295 e. The fourth-order valence-corrected chi connectivity index (χ4v) is 4.03. The van der Waals surface area contributed by atoms with Crippen LogP contribution in [0.5, 0.6) is 5.75 Å². The number of morpholine rings is 1. The van der Waals surface area contributed by atoms with E-state index in [1.807, 2.05) is 24.3 Å². The van der Waals surface area contributed by atoms with Crippen molar-refractivity contribution >= 4 is 11.4 Å². The number of rotatable bonds is 8. The summed E-state index contributed by atoms with van der Waals surface area (Å²) in [5.41, 5.74) is 2.31. The number of hydrogen-bond donors (Lipinski definition) is 0.